The SMILES string of the molecule is O=C(O)C1CCN(c2cc(Nc3ccccc3)ncn2)CC1. The molecule has 0 unspecified atom stereocenters. The van der Waals surface area contributed by atoms with Gasteiger partial charge in [-0.3, -0.25) is 4.79 Å². The molecule has 1 aromatic heterocycles. The van der Waals surface area contributed by atoms with E-state index < -0.39 is 5.97 Å². The summed E-state index contributed by atoms with van der Waals surface area (Å²) < 4.78 is 0. The molecule has 1 aliphatic rings. The molecular weight excluding hydrogens is 280 g/mol. The number of piperidine rings is 1. The minimum Gasteiger partial charge on any atom is -0.481 e. The Morgan fingerprint density at radius 3 is 2.59 bits per heavy atom. The number of nitrogens with one attached hydrogen (secondary N) is 1. The van der Waals surface area contributed by atoms with E-state index in [1.807, 2.05) is 36.4 Å². The molecule has 2 aromatic rings. The second-order valence-electron chi connectivity index (χ2n) is 5.35. The quantitative estimate of drug-likeness (QED) is 0.903. The Kier molecular flexibility index (Phi) is 4.18. The standard InChI is InChI=1S/C16H18N4O2/c21-16(22)12-6-8-20(9-7-12)15-10-14(17-11-18-15)19-13-4-2-1-3-5-13/h1-5,10-12H,6-9H2,(H,21,22)(H,17,18,19). The topological polar surface area (TPSA) is 78.4 Å². The number of carboxylic acid groups (broad SMARTS) is 1. The lowest BCUT2D eigenvalue weighted by atomic mass is 9.97. The summed E-state index contributed by atoms with van der Waals surface area (Å²) >= 11 is 0. The Morgan fingerprint density at radius 1 is 1.18 bits per heavy atom. The number of carboxylic acids is 1. The van der Waals surface area contributed by atoms with Gasteiger partial charge in [-0.25, -0.2) is 9.97 Å². The van der Waals surface area contributed by atoms with Crippen LogP contribution < -0.4 is 10.2 Å². The molecule has 6 heteroatoms. The van der Waals surface area contributed by atoms with Crippen molar-refractivity contribution in [2.75, 3.05) is 23.3 Å². The summed E-state index contributed by atoms with van der Waals surface area (Å²) in [5, 5.41) is 12.3. The number of hydrogen-bond donors (Lipinski definition) is 2. The lowest BCUT2D eigenvalue weighted by Crippen LogP contribution is -2.36. The average Bonchev–Trinajstić information content (AvgIpc) is 2.56. The molecule has 0 spiro atoms. The van der Waals surface area contributed by atoms with E-state index in [0.717, 1.165) is 17.3 Å². The number of nitrogens with zero attached hydrogens (tertiary/aromatic N) is 3. The third-order valence-electron chi connectivity index (χ3n) is 3.87. The second-order valence-corrected chi connectivity index (χ2v) is 5.35. The van der Waals surface area contributed by atoms with Crippen LogP contribution in [0.1, 0.15) is 12.8 Å². The van der Waals surface area contributed by atoms with Crippen LogP contribution in [0.2, 0.25) is 0 Å². The maximum atomic E-state index is 11.0. The Hall–Kier alpha value is -2.63. The normalized spacial score (nSPS) is 15.5. The van der Waals surface area contributed by atoms with Gasteiger partial charge in [-0.15, -0.1) is 0 Å². The summed E-state index contributed by atoms with van der Waals surface area (Å²) in [5.41, 5.74) is 0.969. The number of hydrogen-bond acceptors (Lipinski definition) is 5. The molecule has 2 N–H and O–H groups in total. The van der Waals surface area contributed by atoms with E-state index in [-0.39, 0.29) is 5.92 Å². The third-order valence-corrected chi connectivity index (χ3v) is 3.87. The lowest BCUT2D eigenvalue weighted by Gasteiger charge is -2.31. The molecule has 22 heavy (non-hydrogen) atoms. The van der Waals surface area contributed by atoms with Gasteiger partial charge in [0.1, 0.15) is 18.0 Å². The van der Waals surface area contributed by atoms with Gasteiger partial charge in [-0.2, -0.15) is 0 Å². The van der Waals surface area contributed by atoms with Gasteiger partial charge in [0.25, 0.3) is 0 Å². The smallest absolute Gasteiger partial charge is 0.306 e. The number of anilines is 3. The molecule has 0 amide bonds. The minimum absolute atomic E-state index is 0.236. The number of para-hydroxylation sites is 1. The minimum atomic E-state index is -0.700. The first kappa shape index (κ1) is 14.3. The van der Waals surface area contributed by atoms with Gasteiger partial charge in [0, 0.05) is 24.8 Å². The summed E-state index contributed by atoms with van der Waals surface area (Å²) in [7, 11) is 0. The van der Waals surface area contributed by atoms with Gasteiger partial charge < -0.3 is 15.3 Å². The van der Waals surface area contributed by atoms with E-state index in [1.165, 1.54) is 6.33 Å². The highest BCUT2D eigenvalue weighted by Crippen LogP contribution is 2.24. The van der Waals surface area contributed by atoms with Gasteiger partial charge in [0.15, 0.2) is 0 Å². The summed E-state index contributed by atoms with van der Waals surface area (Å²) in [6.07, 6.45) is 2.84. The van der Waals surface area contributed by atoms with Gasteiger partial charge in [-0.05, 0) is 25.0 Å². The highest BCUT2D eigenvalue weighted by Gasteiger charge is 2.25. The monoisotopic (exact) mass is 298 g/mol. The van der Waals surface area contributed by atoms with E-state index in [2.05, 4.69) is 20.2 Å². The Bertz CT molecular complexity index is 640. The summed E-state index contributed by atoms with van der Waals surface area (Å²) in [6.45, 7) is 1.41. The molecule has 3 rings (SSSR count). The zero-order chi connectivity index (χ0) is 15.4. The van der Waals surface area contributed by atoms with E-state index in [0.29, 0.717) is 25.9 Å². The molecule has 1 fully saturated rings. The summed E-state index contributed by atoms with van der Waals surface area (Å²) in [5.74, 6) is 0.627. The molecule has 0 bridgehead atoms. The maximum Gasteiger partial charge on any atom is 0.306 e. The van der Waals surface area contributed by atoms with Crippen molar-refractivity contribution in [3.63, 3.8) is 0 Å². The molecule has 114 valence electrons. The number of aromatic nitrogens is 2. The fourth-order valence-corrected chi connectivity index (χ4v) is 2.61. The van der Waals surface area contributed by atoms with Gasteiger partial charge in [0.05, 0.1) is 5.92 Å². The maximum absolute atomic E-state index is 11.0. The lowest BCUT2D eigenvalue weighted by molar-refractivity contribution is -0.142. The van der Waals surface area contributed by atoms with Gasteiger partial charge in [0.2, 0.25) is 0 Å². The van der Waals surface area contributed by atoms with Crippen molar-refractivity contribution in [1.29, 1.82) is 0 Å². The Balaban J connectivity index is 1.68. The van der Waals surface area contributed by atoms with Crippen LogP contribution in [0.5, 0.6) is 0 Å². The second kappa shape index (κ2) is 6.43. The molecule has 1 saturated heterocycles. The van der Waals surface area contributed by atoms with Crippen LogP contribution in [-0.4, -0.2) is 34.1 Å². The highest BCUT2D eigenvalue weighted by atomic mass is 16.4. The van der Waals surface area contributed by atoms with Crippen molar-refractivity contribution in [3.05, 3.63) is 42.7 Å². The van der Waals surface area contributed by atoms with Crippen LogP contribution in [-0.2, 0) is 4.79 Å². The summed E-state index contributed by atoms with van der Waals surface area (Å²) in [4.78, 5) is 21.6. The Labute approximate surface area is 128 Å². The number of benzene rings is 1. The van der Waals surface area contributed by atoms with E-state index >= 15 is 0 Å². The first-order chi connectivity index (χ1) is 10.7. The predicted octanol–water partition coefficient (Wildman–Crippen LogP) is 2.52. The van der Waals surface area contributed by atoms with Crippen molar-refractivity contribution < 1.29 is 9.90 Å². The van der Waals surface area contributed by atoms with Crippen molar-refractivity contribution in [3.8, 4) is 0 Å². The molecule has 1 aromatic carbocycles. The Morgan fingerprint density at radius 2 is 1.91 bits per heavy atom. The van der Waals surface area contributed by atoms with Crippen LogP contribution in [0.4, 0.5) is 17.3 Å². The third kappa shape index (κ3) is 3.33. The van der Waals surface area contributed by atoms with Crippen molar-refractivity contribution in [2.24, 2.45) is 5.92 Å². The molecule has 0 radical (unpaired) electrons. The van der Waals surface area contributed by atoms with Crippen LogP contribution in [0, 0.1) is 5.92 Å². The number of rotatable bonds is 4. The first-order valence-corrected chi connectivity index (χ1v) is 7.34. The fraction of sp³-hybridized carbons (Fsp3) is 0.312. The zero-order valence-electron chi connectivity index (χ0n) is 12.1. The molecule has 0 saturated carbocycles. The van der Waals surface area contributed by atoms with E-state index in [9.17, 15) is 4.79 Å². The van der Waals surface area contributed by atoms with Crippen LogP contribution >= 0.6 is 0 Å². The van der Waals surface area contributed by atoms with Crippen molar-refractivity contribution >= 4 is 23.3 Å². The number of aliphatic carboxylic acids is 1. The molecule has 2 heterocycles. The van der Waals surface area contributed by atoms with Crippen molar-refractivity contribution in [2.45, 2.75) is 12.8 Å². The number of carbonyl (C=O) groups is 1. The predicted molar refractivity (Wildman–Crippen MR) is 84.3 cm³/mol. The highest BCUT2D eigenvalue weighted by molar-refractivity contribution is 5.70. The van der Waals surface area contributed by atoms with Gasteiger partial charge >= 0.3 is 5.97 Å². The molecule has 1 aliphatic heterocycles. The van der Waals surface area contributed by atoms with Crippen molar-refractivity contribution in [1.82, 2.24) is 9.97 Å². The largest absolute Gasteiger partial charge is 0.481 e. The van der Waals surface area contributed by atoms with E-state index in [1.54, 1.807) is 0 Å². The van der Waals surface area contributed by atoms with Gasteiger partial charge in [-0.1, -0.05) is 18.2 Å². The van der Waals surface area contributed by atoms with Crippen LogP contribution in [0.25, 0.3) is 0 Å². The molecule has 0 aliphatic carbocycles. The first-order valence-electron chi connectivity index (χ1n) is 7.34. The fourth-order valence-electron chi connectivity index (χ4n) is 2.61. The van der Waals surface area contributed by atoms with Crippen LogP contribution in [0.15, 0.2) is 42.7 Å². The average molecular weight is 298 g/mol. The summed E-state index contributed by atoms with van der Waals surface area (Å²) in [6, 6.07) is 11.7. The molecular formula is C16H18N4O2. The zero-order valence-corrected chi connectivity index (χ0v) is 12.1. The van der Waals surface area contributed by atoms with Crippen LogP contribution in [0.3, 0.4) is 0 Å². The van der Waals surface area contributed by atoms with E-state index in [4.69, 9.17) is 5.11 Å². The molecule has 6 nitrogen and oxygen atoms in total. The molecule has 0 atom stereocenters.